The van der Waals surface area contributed by atoms with Crippen LogP contribution >= 0.6 is 0 Å². The molecule has 3 aromatic rings. The number of nitrogens with one attached hydrogen (secondary N) is 1. The highest BCUT2D eigenvalue weighted by atomic mass is 16.6. The van der Waals surface area contributed by atoms with Crippen molar-refractivity contribution in [2.45, 2.75) is 32.7 Å². The van der Waals surface area contributed by atoms with Crippen LogP contribution in [-0.2, 0) is 17.8 Å². The van der Waals surface area contributed by atoms with Crippen molar-refractivity contribution >= 4 is 17.2 Å². The number of hydrogen-bond donors (Lipinski definition) is 2. The third-order valence-electron chi connectivity index (χ3n) is 6.75. The molecular weight excluding hydrogens is 518 g/mol. The van der Waals surface area contributed by atoms with Crippen LogP contribution in [0.4, 0.5) is 5.69 Å². The van der Waals surface area contributed by atoms with Crippen LogP contribution in [0.1, 0.15) is 42.6 Å². The first-order chi connectivity index (χ1) is 19.1. The molecule has 0 aliphatic carbocycles. The Morgan fingerprint density at radius 2 is 1.90 bits per heavy atom. The number of aliphatic carboxylic acids is 1. The highest BCUT2D eigenvalue weighted by Gasteiger charge is 2.37. The van der Waals surface area contributed by atoms with Gasteiger partial charge in [0, 0.05) is 35.6 Å². The van der Waals surface area contributed by atoms with Gasteiger partial charge in [-0.3, -0.25) is 15.0 Å². The number of nitro groups is 1. The van der Waals surface area contributed by atoms with Gasteiger partial charge in [-0.2, -0.15) is 4.98 Å². The fraction of sp³-hybridized carbons (Fsp3) is 0.321. The molecular formula is C28H31N5O7. The molecule has 0 saturated carbocycles. The zero-order valence-electron chi connectivity index (χ0n) is 22.9. The molecule has 12 nitrogen and oxygen atoms in total. The average molecular weight is 550 g/mol. The Morgan fingerprint density at radius 3 is 2.58 bits per heavy atom. The SMILES string of the molecule is COc1ccc(CCN(C)Cc2noc(C3=C(C)NC(C)=C(C(=O)O)C3c3cccc([N+](=O)[O-])c3)n2)cc1OC. The third kappa shape index (κ3) is 5.96. The van der Waals surface area contributed by atoms with E-state index in [9.17, 15) is 20.0 Å². The van der Waals surface area contributed by atoms with Crippen LogP contribution in [0, 0.1) is 10.1 Å². The highest BCUT2D eigenvalue weighted by molar-refractivity contribution is 5.95. The summed E-state index contributed by atoms with van der Waals surface area (Å²) in [5, 5.41) is 28.7. The number of dihydropyridines is 1. The molecule has 0 bridgehead atoms. The summed E-state index contributed by atoms with van der Waals surface area (Å²) in [4.78, 5) is 29.9. The Labute approximate surface area is 231 Å². The highest BCUT2D eigenvalue weighted by Crippen LogP contribution is 2.43. The smallest absolute Gasteiger partial charge is 0.334 e. The van der Waals surface area contributed by atoms with Gasteiger partial charge in [0.15, 0.2) is 17.3 Å². The molecule has 2 N–H and O–H groups in total. The molecule has 12 heteroatoms. The number of carboxylic acid groups (broad SMARTS) is 1. The second-order valence-electron chi connectivity index (χ2n) is 9.49. The van der Waals surface area contributed by atoms with Gasteiger partial charge in [-0.15, -0.1) is 0 Å². The van der Waals surface area contributed by atoms with Crippen LogP contribution in [0.15, 0.2) is 64.0 Å². The predicted octanol–water partition coefficient (Wildman–Crippen LogP) is 4.15. The zero-order valence-corrected chi connectivity index (χ0v) is 22.9. The quantitative estimate of drug-likeness (QED) is 0.262. The van der Waals surface area contributed by atoms with Gasteiger partial charge in [0.25, 0.3) is 11.6 Å². The zero-order chi connectivity index (χ0) is 29.0. The van der Waals surface area contributed by atoms with E-state index in [0.717, 1.165) is 12.0 Å². The number of nitro benzene ring substituents is 1. The van der Waals surface area contributed by atoms with E-state index in [2.05, 4.69) is 15.5 Å². The maximum atomic E-state index is 12.3. The summed E-state index contributed by atoms with van der Waals surface area (Å²) in [6.45, 7) is 4.52. The number of carbonyl (C=O) groups is 1. The van der Waals surface area contributed by atoms with Crippen LogP contribution < -0.4 is 14.8 Å². The predicted molar refractivity (Wildman–Crippen MR) is 146 cm³/mol. The Bertz CT molecular complexity index is 1490. The average Bonchev–Trinajstić information content (AvgIpc) is 3.38. The minimum Gasteiger partial charge on any atom is -0.493 e. The van der Waals surface area contributed by atoms with Crippen LogP contribution in [0.2, 0.25) is 0 Å². The molecule has 0 spiro atoms. The van der Waals surface area contributed by atoms with Crippen molar-refractivity contribution in [1.82, 2.24) is 20.4 Å². The minimum absolute atomic E-state index is 0.0490. The standard InChI is InChI=1S/C28H31N5O7/c1-16-24(26(25(28(34)35)17(2)29-16)19-7-6-8-20(14-19)33(36)37)27-30-23(31-40-27)15-32(3)12-11-18-9-10-21(38-4)22(13-18)39-5/h6-10,13-14,26,29H,11-12,15H2,1-5H3,(H,34,35). The molecule has 0 fully saturated rings. The van der Waals surface area contributed by atoms with E-state index in [1.54, 1.807) is 34.1 Å². The molecule has 1 aliphatic heterocycles. The van der Waals surface area contributed by atoms with E-state index < -0.39 is 16.8 Å². The van der Waals surface area contributed by atoms with Gasteiger partial charge >= 0.3 is 5.97 Å². The topological polar surface area (TPSA) is 153 Å². The van der Waals surface area contributed by atoms with Gasteiger partial charge < -0.3 is 24.4 Å². The number of allylic oxidation sites excluding steroid dienone is 3. The lowest BCUT2D eigenvalue weighted by atomic mass is 9.80. The molecule has 40 heavy (non-hydrogen) atoms. The summed E-state index contributed by atoms with van der Waals surface area (Å²) < 4.78 is 16.3. The van der Waals surface area contributed by atoms with E-state index in [1.165, 1.54) is 18.2 Å². The van der Waals surface area contributed by atoms with Gasteiger partial charge in [0.2, 0.25) is 0 Å². The number of rotatable bonds is 11. The van der Waals surface area contributed by atoms with E-state index in [0.29, 0.717) is 52.9 Å². The molecule has 0 saturated heterocycles. The van der Waals surface area contributed by atoms with Crippen molar-refractivity contribution in [2.24, 2.45) is 0 Å². The number of carboxylic acids is 1. The Kier molecular flexibility index (Phi) is 8.49. The number of benzene rings is 2. The van der Waals surface area contributed by atoms with Crippen molar-refractivity contribution in [1.29, 1.82) is 0 Å². The third-order valence-corrected chi connectivity index (χ3v) is 6.75. The van der Waals surface area contributed by atoms with Gasteiger partial charge in [0.05, 0.1) is 37.2 Å². The largest absolute Gasteiger partial charge is 0.493 e. The number of likely N-dealkylation sites (N-methyl/N-ethyl adjacent to an activating group) is 1. The lowest BCUT2D eigenvalue weighted by Crippen LogP contribution is -2.27. The molecule has 1 unspecified atom stereocenters. The summed E-state index contributed by atoms with van der Waals surface area (Å²) in [6.07, 6.45) is 0.747. The van der Waals surface area contributed by atoms with Crippen LogP contribution in [0.3, 0.4) is 0 Å². The van der Waals surface area contributed by atoms with E-state index in [1.807, 2.05) is 30.1 Å². The summed E-state index contributed by atoms with van der Waals surface area (Å²) in [5.41, 5.74) is 2.93. The van der Waals surface area contributed by atoms with E-state index in [4.69, 9.17) is 14.0 Å². The van der Waals surface area contributed by atoms with Gasteiger partial charge in [-0.25, -0.2) is 4.79 Å². The molecule has 1 aliphatic rings. The molecule has 0 amide bonds. The van der Waals surface area contributed by atoms with Crippen LogP contribution in [-0.4, -0.2) is 58.9 Å². The molecule has 1 aromatic heterocycles. The first kappa shape index (κ1) is 28.3. The monoisotopic (exact) mass is 549 g/mol. The number of aromatic nitrogens is 2. The first-order valence-electron chi connectivity index (χ1n) is 12.5. The van der Waals surface area contributed by atoms with E-state index in [-0.39, 0.29) is 17.2 Å². The summed E-state index contributed by atoms with van der Waals surface area (Å²) in [6, 6.07) is 11.7. The lowest BCUT2D eigenvalue weighted by Gasteiger charge is -2.29. The second-order valence-corrected chi connectivity index (χ2v) is 9.49. The van der Waals surface area contributed by atoms with Crippen LogP contribution in [0.5, 0.6) is 11.5 Å². The number of nitrogens with zero attached hydrogens (tertiary/aromatic N) is 4. The number of non-ortho nitro benzene ring substituents is 1. The minimum atomic E-state index is -1.15. The fourth-order valence-corrected chi connectivity index (χ4v) is 4.82. The Morgan fingerprint density at radius 1 is 1.15 bits per heavy atom. The number of ether oxygens (including phenoxy) is 2. The van der Waals surface area contributed by atoms with E-state index >= 15 is 0 Å². The maximum absolute atomic E-state index is 12.3. The van der Waals surface area contributed by atoms with Gasteiger partial charge in [-0.05, 0) is 50.6 Å². The normalized spacial score (nSPS) is 15.3. The summed E-state index contributed by atoms with van der Waals surface area (Å²) in [5.74, 6) is -0.100. The summed E-state index contributed by atoms with van der Waals surface area (Å²) >= 11 is 0. The summed E-state index contributed by atoms with van der Waals surface area (Å²) in [7, 11) is 5.13. The van der Waals surface area contributed by atoms with Crippen molar-refractivity contribution in [3.05, 3.63) is 92.4 Å². The number of hydrogen-bond acceptors (Lipinski definition) is 10. The Balaban J connectivity index is 1.57. The molecule has 2 heterocycles. The Hall–Kier alpha value is -4.71. The molecule has 1 atom stereocenters. The molecule has 4 rings (SSSR count). The van der Waals surface area contributed by atoms with Crippen molar-refractivity contribution in [2.75, 3.05) is 27.8 Å². The molecule has 0 radical (unpaired) electrons. The van der Waals surface area contributed by atoms with Crippen LogP contribution in [0.25, 0.3) is 5.57 Å². The van der Waals surface area contributed by atoms with Crippen molar-refractivity contribution in [3.8, 4) is 11.5 Å². The van der Waals surface area contributed by atoms with Crippen molar-refractivity contribution in [3.63, 3.8) is 0 Å². The lowest BCUT2D eigenvalue weighted by molar-refractivity contribution is -0.384. The number of methoxy groups -OCH3 is 2. The fourth-order valence-electron chi connectivity index (χ4n) is 4.82. The first-order valence-corrected chi connectivity index (χ1v) is 12.5. The second kappa shape index (κ2) is 12.0. The van der Waals surface area contributed by atoms with Gasteiger partial charge in [0.1, 0.15) is 0 Å². The van der Waals surface area contributed by atoms with Gasteiger partial charge in [-0.1, -0.05) is 23.4 Å². The van der Waals surface area contributed by atoms with Crippen molar-refractivity contribution < 1.29 is 28.8 Å². The molecule has 210 valence electrons. The molecule has 2 aromatic carbocycles. The maximum Gasteiger partial charge on any atom is 0.334 e.